The molecule has 1 saturated carbocycles. The third-order valence-electron chi connectivity index (χ3n) is 6.45. The first kappa shape index (κ1) is 18.4. The monoisotopic (exact) mass is 394 g/mol. The van der Waals surface area contributed by atoms with E-state index < -0.39 is 5.63 Å². The number of carbonyl (C=O) groups excluding carboxylic acids is 1. The number of benzene rings is 1. The number of nitrogens with zero attached hydrogens (tertiary/aromatic N) is 4. The number of carbonyl (C=O) groups is 1. The molecule has 0 spiro atoms. The summed E-state index contributed by atoms with van der Waals surface area (Å²) in [5.74, 6) is 0.0515. The van der Waals surface area contributed by atoms with Crippen LogP contribution in [0, 0.1) is 0 Å². The molecule has 0 unspecified atom stereocenters. The van der Waals surface area contributed by atoms with Crippen LogP contribution in [0.5, 0.6) is 0 Å². The molecule has 29 heavy (non-hydrogen) atoms. The van der Waals surface area contributed by atoms with Crippen molar-refractivity contribution in [2.75, 3.05) is 26.2 Å². The van der Waals surface area contributed by atoms with Crippen LogP contribution in [-0.2, 0) is 11.3 Å². The van der Waals surface area contributed by atoms with E-state index in [1.165, 1.54) is 38.3 Å². The minimum absolute atomic E-state index is 0.0515. The average Bonchev–Trinajstić information content (AvgIpc) is 3.19. The number of hydrogen-bond donors (Lipinski definition) is 0. The summed E-state index contributed by atoms with van der Waals surface area (Å²) >= 11 is 0. The van der Waals surface area contributed by atoms with E-state index >= 15 is 0 Å². The summed E-state index contributed by atoms with van der Waals surface area (Å²) in [6, 6.07) is 8.08. The Morgan fingerprint density at radius 2 is 1.79 bits per heavy atom. The van der Waals surface area contributed by atoms with Gasteiger partial charge >= 0.3 is 5.63 Å². The highest BCUT2D eigenvalue weighted by Crippen LogP contribution is 2.24. The molecule has 0 N–H and O–H groups in total. The Balaban J connectivity index is 1.33. The first-order valence-corrected chi connectivity index (χ1v) is 10.6. The molecule has 2 fully saturated rings. The van der Waals surface area contributed by atoms with Gasteiger partial charge in [0.25, 0.3) is 0 Å². The SMILES string of the molecule is O=C(Cn1ncc2c(=O)oc3ccccc3c21)N1CCN(C2CCCCC2)CC1. The van der Waals surface area contributed by atoms with Crippen molar-refractivity contribution in [3.05, 3.63) is 40.9 Å². The number of fused-ring (bicyclic) bond motifs is 3. The third kappa shape index (κ3) is 3.44. The zero-order valence-corrected chi connectivity index (χ0v) is 16.5. The molecule has 1 aliphatic carbocycles. The van der Waals surface area contributed by atoms with Gasteiger partial charge in [-0.15, -0.1) is 0 Å². The standard InChI is InChI=1S/C22H26N4O3/c27-20(25-12-10-24(11-13-25)16-6-2-1-3-7-16)15-26-21-17-8-4-5-9-19(17)29-22(28)18(21)14-23-26/h4-5,8-9,14,16H,1-3,6-7,10-13,15H2. The Morgan fingerprint density at radius 3 is 2.59 bits per heavy atom. The lowest BCUT2D eigenvalue weighted by atomic mass is 9.94. The van der Waals surface area contributed by atoms with Gasteiger partial charge in [0.05, 0.1) is 11.7 Å². The summed E-state index contributed by atoms with van der Waals surface area (Å²) in [7, 11) is 0. The molecule has 0 atom stereocenters. The summed E-state index contributed by atoms with van der Waals surface area (Å²) in [5, 5.41) is 5.54. The molecule has 152 valence electrons. The van der Waals surface area contributed by atoms with Gasteiger partial charge in [-0.25, -0.2) is 4.79 Å². The predicted octanol–water partition coefficient (Wildman–Crippen LogP) is 2.62. The number of hydrogen-bond acceptors (Lipinski definition) is 5. The van der Waals surface area contributed by atoms with E-state index in [1.54, 1.807) is 10.7 Å². The van der Waals surface area contributed by atoms with Crippen molar-refractivity contribution in [3.63, 3.8) is 0 Å². The minimum atomic E-state index is -0.418. The van der Waals surface area contributed by atoms with Crippen LogP contribution in [0.25, 0.3) is 21.9 Å². The number of amides is 1. The van der Waals surface area contributed by atoms with Crippen LogP contribution in [0.15, 0.2) is 39.7 Å². The number of rotatable bonds is 3. The zero-order valence-electron chi connectivity index (χ0n) is 16.5. The van der Waals surface area contributed by atoms with Gasteiger partial charge in [-0.05, 0) is 25.0 Å². The fraction of sp³-hybridized carbons (Fsp3) is 0.500. The van der Waals surface area contributed by atoms with Crippen molar-refractivity contribution in [1.29, 1.82) is 0 Å². The normalized spacial score (nSPS) is 19.2. The van der Waals surface area contributed by atoms with Gasteiger partial charge in [0.15, 0.2) is 0 Å². The van der Waals surface area contributed by atoms with Gasteiger partial charge in [0, 0.05) is 37.6 Å². The molecule has 0 bridgehead atoms. The van der Waals surface area contributed by atoms with Crippen molar-refractivity contribution >= 4 is 27.8 Å². The predicted molar refractivity (Wildman–Crippen MR) is 111 cm³/mol. The summed E-state index contributed by atoms with van der Waals surface area (Å²) in [5.41, 5.74) is 0.768. The lowest BCUT2D eigenvalue weighted by Gasteiger charge is -2.40. The molecule has 1 aromatic carbocycles. The first-order chi connectivity index (χ1) is 14.2. The fourth-order valence-electron chi connectivity index (χ4n) is 4.86. The zero-order chi connectivity index (χ0) is 19.8. The second-order valence-electron chi connectivity index (χ2n) is 8.16. The second-order valence-corrected chi connectivity index (χ2v) is 8.16. The van der Waals surface area contributed by atoms with Crippen LogP contribution in [0.2, 0.25) is 0 Å². The molecule has 3 heterocycles. The smallest absolute Gasteiger partial charge is 0.347 e. The molecule has 1 aliphatic heterocycles. The highest BCUT2D eigenvalue weighted by molar-refractivity contribution is 6.02. The van der Waals surface area contributed by atoms with Gasteiger partial charge in [-0.3, -0.25) is 14.4 Å². The van der Waals surface area contributed by atoms with Gasteiger partial charge in [-0.1, -0.05) is 31.4 Å². The maximum Gasteiger partial charge on any atom is 0.347 e. The van der Waals surface area contributed by atoms with E-state index in [9.17, 15) is 9.59 Å². The van der Waals surface area contributed by atoms with Crippen molar-refractivity contribution in [2.45, 2.75) is 44.7 Å². The molecule has 1 amide bonds. The van der Waals surface area contributed by atoms with Crippen molar-refractivity contribution in [2.24, 2.45) is 0 Å². The van der Waals surface area contributed by atoms with E-state index in [4.69, 9.17) is 4.42 Å². The van der Waals surface area contributed by atoms with Crippen LogP contribution >= 0.6 is 0 Å². The van der Waals surface area contributed by atoms with Crippen molar-refractivity contribution in [3.8, 4) is 0 Å². The maximum atomic E-state index is 13.0. The van der Waals surface area contributed by atoms with E-state index in [0.717, 1.165) is 31.6 Å². The van der Waals surface area contributed by atoms with Crippen LogP contribution in [-0.4, -0.2) is 57.7 Å². The Morgan fingerprint density at radius 1 is 1.03 bits per heavy atom. The maximum absolute atomic E-state index is 13.0. The highest BCUT2D eigenvalue weighted by atomic mass is 16.4. The number of para-hydroxylation sites is 1. The molecular weight excluding hydrogens is 368 g/mol. The molecule has 7 nitrogen and oxygen atoms in total. The Hall–Kier alpha value is -2.67. The van der Waals surface area contributed by atoms with Crippen molar-refractivity contribution < 1.29 is 9.21 Å². The molecule has 2 aliphatic rings. The Kier molecular flexibility index (Phi) is 4.83. The average molecular weight is 394 g/mol. The van der Waals surface area contributed by atoms with Gasteiger partial charge in [-0.2, -0.15) is 5.10 Å². The molecular formula is C22H26N4O3. The Bertz CT molecular complexity index is 1090. The molecule has 2 aromatic heterocycles. The molecule has 5 rings (SSSR count). The van der Waals surface area contributed by atoms with E-state index in [0.29, 0.717) is 22.5 Å². The Labute approximate surface area is 168 Å². The van der Waals surface area contributed by atoms with E-state index in [1.807, 2.05) is 23.1 Å². The highest BCUT2D eigenvalue weighted by Gasteiger charge is 2.27. The molecule has 7 heteroatoms. The van der Waals surface area contributed by atoms with E-state index in [-0.39, 0.29) is 12.5 Å². The second kappa shape index (κ2) is 7.63. The van der Waals surface area contributed by atoms with Crippen LogP contribution < -0.4 is 5.63 Å². The number of aromatic nitrogens is 2. The molecule has 3 aromatic rings. The first-order valence-electron chi connectivity index (χ1n) is 10.6. The quantitative estimate of drug-likeness (QED) is 0.639. The minimum Gasteiger partial charge on any atom is -0.422 e. The lowest BCUT2D eigenvalue weighted by Crippen LogP contribution is -2.52. The summed E-state index contributed by atoms with van der Waals surface area (Å²) in [4.78, 5) is 29.7. The summed E-state index contributed by atoms with van der Waals surface area (Å²) < 4.78 is 7.01. The molecule has 0 radical (unpaired) electrons. The van der Waals surface area contributed by atoms with Gasteiger partial charge in [0.2, 0.25) is 5.91 Å². The van der Waals surface area contributed by atoms with Crippen molar-refractivity contribution in [1.82, 2.24) is 19.6 Å². The van der Waals surface area contributed by atoms with E-state index in [2.05, 4.69) is 10.00 Å². The van der Waals surface area contributed by atoms with Crippen LogP contribution in [0.3, 0.4) is 0 Å². The van der Waals surface area contributed by atoms with Gasteiger partial charge in [0.1, 0.15) is 17.5 Å². The lowest BCUT2D eigenvalue weighted by molar-refractivity contribution is -0.134. The summed E-state index contributed by atoms with van der Waals surface area (Å²) in [6.07, 6.45) is 8.11. The largest absolute Gasteiger partial charge is 0.422 e. The summed E-state index contributed by atoms with van der Waals surface area (Å²) in [6.45, 7) is 3.56. The third-order valence-corrected chi connectivity index (χ3v) is 6.45. The fourth-order valence-corrected chi connectivity index (χ4v) is 4.86. The topological polar surface area (TPSA) is 71.6 Å². The molecule has 1 saturated heterocycles. The van der Waals surface area contributed by atoms with Crippen LogP contribution in [0.1, 0.15) is 32.1 Å². The van der Waals surface area contributed by atoms with Gasteiger partial charge < -0.3 is 9.32 Å². The number of piperazine rings is 1. The van der Waals surface area contributed by atoms with Crippen LogP contribution in [0.4, 0.5) is 0 Å².